The fourth-order valence-corrected chi connectivity index (χ4v) is 0.978. The van der Waals surface area contributed by atoms with Gasteiger partial charge in [0, 0.05) is 6.54 Å². The molecule has 0 unspecified atom stereocenters. The molecule has 0 aromatic heterocycles. The van der Waals surface area contributed by atoms with E-state index in [0.29, 0.717) is 5.56 Å². The van der Waals surface area contributed by atoms with Crippen molar-refractivity contribution < 1.29 is 14.3 Å². The van der Waals surface area contributed by atoms with E-state index in [2.05, 4.69) is 5.32 Å². The van der Waals surface area contributed by atoms with Crippen molar-refractivity contribution in [3.05, 3.63) is 35.1 Å². The van der Waals surface area contributed by atoms with Gasteiger partial charge in [-0.1, -0.05) is 6.07 Å². The maximum atomic E-state index is 12.6. The van der Waals surface area contributed by atoms with Crippen LogP contribution in [0.4, 0.5) is 9.18 Å². The van der Waals surface area contributed by atoms with Gasteiger partial charge in [0.2, 0.25) is 0 Å². The lowest BCUT2D eigenvalue weighted by molar-refractivity contribution is 0.194. The summed E-state index contributed by atoms with van der Waals surface area (Å²) in [4.78, 5) is 10.2. The van der Waals surface area contributed by atoms with Gasteiger partial charge in [-0.05, 0) is 17.7 Å². The quantitative estimate of drug-likeness (QED) is 0.748. The third kappa shape index (κ3) is 2.45. The summed E-state index contributed by atoms with van der Waals surface area (Å²) in [5, 5.41) is 19.0. The minimum absolute atomic E-state index is 0.00148. The molecule has 0 fully saturated rings. The molecule has 4 nitrogen and oxygen atoms in total. The number of hydrogen-bond donors (Lipinski definition) is 2. The van der Waals surface area contributed by atoms with Crippen molar-refractivity contribution in [3.8, 4) is 6.07 Å². The summed E-state index contributed by atoms with van der Waals surface area (Å²) in [6.45, 7) is -0.00148. The van der Waals surface area contributed by atoms with Crippen LogP contribution >= 0.6 is 0 Å². The fraction of sp³-hybridized carbons (Fsp3) is 0.111. The molecule has 0 aliphatic carbocycles. The van der Waals surface area contributed by atoms with E-state index in [4.69, 9.17) is 10.4 Å². The number of hydrogen-bond acceptors (Lipinski definition) is 2. The van der Waals surface area contributed by atoms with Crippen molar-refractivity contribution >= 4 is 6.09 Å². The van der Waals surface area contributed by atoms with Crippen LogP contribution < -0.4 is 5.32 Å². The molecule has 0 aliphatic rings. The summed E-state index contributed by atoms with van der Waals surface area (Å²) in [6, 6.07) is 5.41. The van der Waals surface area contributed by atoms with Crippen molar-refractivity contribution in [3.63, 3.8) is 0 Å². The number of halogens is 1. The number of nitriles is 1. The van der Waals surface area contributed by atoms with Gasteiger partial charge in [-0.2, -0.15) is 5.26 Å². The van der Waals surface area contributed by atoms with Gasteiger partial charge in [0.25, 0.3) is 0 Å². The van der Waals surface area contributed by atoms with E-state index in [-0.39, 0.29) is 12.1 Å². The second-order valence-electron chi connectivity index (χ2n) is 2.57. The van der Waals surface area contributed by atoms with E-state index < -0.39 is 11.9 Å². The van der Waals surface area contributed by atoms with Crippen LogP contribution in [0.5, 0.6) is 0 Å². The van der Waals surface area contributed by atoms with E-state index in [1.807, 2.05) is 0 Å². The molecular weight excluding hydrogens is 187 g/mol. The minimum atomic E-state index is -1.18. The Bertz CT molecular complexity index is 398. The third-order valence-electron chi connectivity index (χ3n) is 1.62. The molecule has 1 aromatic carbocycles. The van der Waals surface area contributed by atoms with Crippen LogP contribution in [0.15, 0.2) is 18.2 Å². The molecular formula is C9H7FN2O2. The molecule has 1 rings (SSSR count). The first-order chi connectivity index (χ1) is 6.63. The lowest BCUT2D eigenvalue weighted by atomic mass is 10.1. The van der Waals surface area contributed by atoms with Crippen LogP contribution in [0.25, 0.3) is 0 Å². The first kappa shape index (κ1) is 9.99. The van der Waals surface area contributed by atoms with Gasteiger partial charge in [0.05, 0.1) is 11.6 Å². The molecule has 1 amide bonds. The van der Waals surface area contributed by atoms with Crippen LogP contribution in [0.3, 0.4) is 0 Å². The molecule has 1 aromatic rings. The first-order valence-corrected chi connectivity index (χ1v) is 3.79. The van der Waals surface area contributed by atoms with Crippen LogP contribution in [0, 0.1) is 17.1 Å². The van der Waals surface area contributed by atoms with E-state index >= 15 is 0 Å². The maximum Gasteiger partial charge on any atom is 0.404 e. The van der Waals surface area contributed by atoms with Gasteiger partial charge in [0.1, 0.15) is 5.82 Å². The van der Waals surface area contributed by atoms with Crippen molar-refractivity contribution in [2.24, 2.45) is 0 Å². The summed E-state index contributed by atoms with van der Waals surface area (Å²) in [6.07, 6.45) is -1.18. The van der Waals surface area contributed by atoms with Crippen molar-refractivity contribution in [1.82, 2.24) is 5.32 Å². The molecule has 0 saturated heterocycles. The number of rotatable bonds is 2. The van der Waals surface area contributed by atoms with Gasteiger partial charge >= 0.3 is 6.09 Å². The molecule has 0 radical (unpaired) electrons. The molecule has 0 atom stereocenters. The number of carboxylic acid groups (broad SMARTS) is 1. The number of carbonyl (C=O) groups is 1. The van der Waals surface area contributed by atoms with Crippen LogP contribution in [0.2, 0.25) is 0 Å². The Labute approximate surface area is 79.6 Å². The Morgan fingerprint density at radius 2 is 2.36 bits per heavy atom. The predicted octanol–water partition coefficient (Wildman–Crippen LogP) is 1.46. The molecule has 0 bridgehead atoms. The van der Waals surface area contributed by atoms with E-state index in [1.165, 1.54) is 12.1 Å². The predicted molar refractivity (Wildman–Crippen MR) is 46.0 cm³/mol. The molecule has 0 heterocycles. The Kier molecular flexibility index (Phi) is 3.02. The number of nitrogens with one attached hydrogen (secondary N) is 1. The summed E-state index contributed by atoms with van der Waals surface area (Å²) < 4.78 is 12.6. The lowest BCUT2D eigenvalue weighted by Crippen LogP contribution is -2.20. The summed E-state index contributed by atoms with van der Waals surface area (Å²) in [7, 11) is 0. The Morgan fingerprint density at radius 3 is 2.93 bits per heavy atom. The Balaban J connectivity index is 2.87. The average molecular weight is 194 g/mol. The van der Waals surface area contributed by atoms with Crippen molar-refractivity contribution in [2.75, 3.05) is 0 Å². The van der Waals surface area contributed by atoms with Crippen LogP contribution in [-0.2, 0) is 6.54 Å². The van der Waals surface area contributed by atoms with Gasteiger partial charge in [-0.15, -0.1) is 0 Å². The normalized spacial score (nSPS) is 9.14. The van der Waals surface area contributed by atoms with Crippen LogP contribution in [-0.4, -0.2) is 11.2 Å². The summed E-state index contributed by atoms with van der Waals surface area (Å²) >= 11 is 0. The zero-order valence-corrected chi connectivity index (χ0v) is 7.12. The van der Waals surface area contributed by atoms with Crippen molar-refractivity contribution in [1.29, 1.82) is 5.26 Å². The molecule has 72 valence electrons. The second kappa shape index (κ2) is 4.23. The molecule has 0 spiro atoms. The summed E-state index contributed by atoms with van der Waals surface area (Å²) in [5.74, 6) is -0.513. The van der Waals surface area contributed by atoms with E-state index in [1.54, 1.807) is 6.07 Å². The van der Waals surface area contributed by atoms with Crippen LogP contribution in [0.1, 0.15) is 11.1 Å². The highest BCUT2D eigenvalue weighted by Gasteiger charge is 2.04. The molecule has 14 heavy (non-hydrogen) atoms. The standard InChI is InChI=1S/C9H7FN2O2/c10-8-2-1-6(5-12-9(13)14)7(3-8)4-11/h1-3,12H,5H2,(H,13,14). The largest absolute Gasteiger partial charge is 0.465 e. The number of nitrogens with zero attached hydrogens (tertiary/aromatic N) is 1. The average Bonchev–Trinajstić information content (AvgIpc) is 2.15. The molecule has 2 N–H and O–H groups in total. The maximum absolute atomic E-state index is 12.6. The minimum Gasteiger partial charge on any atom is -0.465 e. The molecule has 5 heteroatoms. The zero-order valence-electron chi connectivity index (χ0n) is 7.12. The molecule has 0 aliphatic heterocycles. The molecule has 0 saturated carbocycles. The highest BCUT2D eigenvalue weighted by molar-refractivity contribution is 5.64. The highest BCUT2D eigenvalue weighted by Crippen LogP contribution is 2.09. The third-order valence-corrected chi connectivity index (χ3v) is 1.62. The second-order valence-corrected chi connectivity index (χ2v) is 2.57. The van der Waals surface area contributed by atoms with Gasteiger partial charge in [0.15, 0.2) is 0 Å². The highest BCUT2D eigenvalue weighted by atomic mass is 19.1. The first-order valence-electron chi connectivity index (χ1n) is 3.79. The fourth-order valence-electron chi connectivity index (χ4n) is 0.978. The number of benzene rings is 1. The van der Waals surface area contributed by atoms with Crippen molar-refractivity contribution in [2.45, 2.75) is 6.54 Å². The smallest absolute Gasteiger partial charge is 0.404 e. The lowest BCUT2D eigenvalue weighted by Gasteiger charge is -2.03. The van der Waals surface area contributed by atoms with E-state index in [9.17, 15) is 9.18 Å². The van der Waals surface area contributed by atoms with E-state index in [0.717, 1.165) is 6.07 Å². The monoisotopic (exact) mass is 194 g/mol. The topological polar surface area (TPSA) is 73.1 Å². The zero-order chi connectivity index (χ0) is 10.6. The summed E-state index contributed by atoms with van der Waals surface area (Å²) in [5.41, 5.74) is 0.593. The van der Waals surface area contributed by atoms with Gasteiger partial charge in [-0.3, -0.25) is 0 Å². The van der Waals surface area contributed by atoms with Gasteiger partial charge in [-0.25, -0.2) is 9.18 Å². The Morgan fingerprint density at radius 1 is 1.64 bits per heavy atom. The Hall–Kier alpha value is -2.09. The SMILES string of the molecule is N#Cc1cc(F)ccc1CNC(=O)O. The number of amides is 1. The van der Waals surface area contributed by atoms with Gasteiger partial charge < -0.3 is 10.4 Å².